The zero-order valence-corrected chi connectivity index (χ0v) is 18.9. The van der Waals surface area contributed by atoms with Crippen LogP contribution in [0.5, 0.6) is 0 Å². The Kier molecular flexibility index (Phi) is 5.74. The van der Waals surface area contributed by atoms with Gasteiger partial charge in [0.05, 0.1) is 11.6 Å². The summed E-state index contributed by atoms with van der Waals surface area (Å²) in [7, 11) is 1.90. The number of nitrogens with one attached hydrogen (secondary N) is 1. The number of likely N-dealkylation sites (tertiary alicyclic amines) is 1. The lowest BCUT2D eigenvalue weighted by atomic mass is 10.0. The minimum absolute atomic E-state index is 0.0287. The second-order valence-electron chi connectivity index (χ2n) is 9.36. The Labute approximate surface area is 193 Å². The van der Waals surface area contributed by atoms with E-state index < -0.39 is 0 Å². The van der Waals surface area contributed by atoms with Crippen LogP contribution in [0.3, 0.4) is 0 Å². The van der Waals surface area contributed by atoms with E-state index in [0.29, 0.717) is 27.6 Å². The van der Waals surface area contributed by atoms with Crippen molar-refractivity contribution < 1.29 is 4.79 Å². The number of aromatic nitrogens is 1. The Balaban J connectivity index is 1.31. The number of nitrogens with zero attached hydrogens (tertiary/aromatic N) is 3. The zero-order chi connectivity index (χ0) is 22.9. The van der Waals surface area contributed by atoms with Crippen LogP contribution in [0, 0.1) is 17.2 Å². The number of benzene rings is 2. The molecule has 1 aliphatic carbocycles. The number of aromatic amines is 1. The van der Waals surface area contributed by atoms with Crippen LogP contribution in [0.4, 0.5) is 0 Å². The summed E-state index contributed by atoms with van der Waals surface area (Å²) in [5.41, 5.74) is 2.31. The quantitative estimate of drug-likeness (QED) is 0.650. The van der Waals surface area contributed by atoms with Crippen molar-refractivity contribution >= 4 is 16.7 Å². The van der Waals surface area contributed by atoms with Gasteiger partial charge in [-0.25, -0.2) is 0 Å². The van der Waals surface area contributed by atoms with E-state index in [1.807, 2.05) is 42.3 Å². The number of piperidine rings is 1. The average Bonchev–Trinajstić information content (AvgIpc) is 3.67. The maximum absolute atomic E-state index is 13.1. The molecule has 2 aliphatic rings. The van der Waals surface area contributed by atoms with Gasteiger partial charge in [0.25, 0.3) is 11.5 Å². The number of hydrogen-bond acceptors (Lipinski definition) is 4. The van der Waals surface area contributed by atoms with Crippen molar-refractivity contribution in [3.8, 4) is 17.3 Å². The summed E-state index contributed by atoms with van der Waals surface area (Å²) < 4.78 is 0. The molecule has 6 nitrogen and oxygen atoms in total. The number of nitriles is 1. The van der Waals surface area contributed by atoms with Crippen LogP contribution >= 0.6 is 0 Å². The maximum atomic E-state index is 13.1. The molecule has 168 valence electrons. The van der Waals surface area contributed by atoms with Crippen molar-refractivity contribution in [1.82, 2.24) is 14.8 Å². The fourth-order valence-electron chi connectivity index (χ4n) is 4.86. The lowest BCUT2D eigenvalue weighted by Gasteiger charge is -2.36. The summed E-state index contributed by atoms with van der Waals surface area (Å²) >= 11 is 0. The molecule has 1 aromatic heterocycles. The Morgan fingerprint density at radius 3 is 2.48 bits per heavy atom. The van der Waals surface area contributed by atoms with Gasteiger partial charge < -0.3 is 14.8 Å². The largest absolute Gasteiger partial charge is 0.339 e. The van der Waals surface area contributed by atoms with Crippen LogP contribution < -0.4 is 5.56 Å². The zero-order valence-electron chi connectivity index (χ0n) is 18.9. The molecule has 5 rings (SSSR count). The van der Waals surface area contributed by atoms with E-state index >= 15 is 0 Å². The molecule has 1 N–H and O–H groups in total. The number of carbonyl (C=O) groups is 1. The van der Waals surface area contributed by atoms with Crippen molar-refractivity contribution in [3.63, 3.8) is 0 Å². The van der Waals surface area contributed by atoms with Gasteiger partial charge in [-0.15, -0.1) is 0 Å². The molecule has 33 heavy (non-hydrogen) atoms. The molecule has 0 radical (unpaired) electrons. The van der Waals surface area contributed by atoms with E-state index in [0.717, 1.165) is 37.4 Å². The Morgan fingerprint density at radius 1 is 1.09 bits per heavy atom. The second kappa shape index (κ2) is 8.84. The summed E-state index contributed by atoms with van der Waals surface area (Å²) in [6, 6.07) is 16.7. The van der Waals surface area contributed by atoms with Gasteiger partial charge in [0, 0.05) is 54.8 Å². The van der Waals surface area contributed by atoms with Crippen molar-refractivity contribution in [2.45, 2.75) is 31.7 Å². The first-order chi connectivity index (χ1) is 16.0. The third-order valence-electron chi connectivity index (χ3n) is 7.09. The van der Waals surface area contributed by atoms with Gasteiger partial charge >= 0.3 is 0 Å². The van der Waals surface area contributed by atoms with Crippen LogP contribution in [0.1, 0.15) is 41.6 Å². The van der Waals surface area contributed by atoms with Gasteiger partial charge in [-0.1, -0.05) is 18.2 Å². The molecule has 3 aromatic rings. The Hall–Kier alpha value is -3.43. The van der Waals surface area contributed by atoms with E-state index in [2.05, 4.69) is 16.0 Å². The van der Waals surface area contributed by atoms with Gasteiger partial charge in [0.2, 0.25) is 0 Å². The molecular formula is C27H28N4O2. The second-order valence-corrected chi connectivity index (χ2v) is 9.36. The number of carbonyl (C=O) groups excluding carboxylic acids is 1. The normalized spacial score (nSPS) is 17.1. The van der Waals surface area contributed by atoms with Gasteiger partial charge in [-0.3, -0.25) is 9.59 Å². The number of rotatable bonds is 5. The first-order valence-corrected chi connectivity index (χ1v) is 11.7. The Bertz CT molecular complexity index is 1280. The van der Waals surface area contributed by atoms with Gasteiger partial charge in [0.15, 0.2) is 0 Å². The highest BCUT2D eigenvalue weighted by Crippen LogP contribution is 2.31. The molecule has 1 aliphatic heterocycles. The summed E-state index contributed by atoms with van der Waals surface area (Å²) in [6.07, 6.45) is 4.79. The third-order valence-corrected chi connectivity index (χ3v) is 7.09. The number of hydrogen-bond donors (Lipinski definition) is 1. The van der Waals surface area contributed by atoms with Gasteiger partial charge in [-0.05, 0) is 67.5 Å². The topological polar surface area (TPSA) is 80.2 Å². The number of pyridine rings is 1. The summed E-state index contributed by atoms with van der Waals surface area (Å²) in [5.74, 6) is 0.935. The van der Waals surface area contributed by atoms with Crippen LogP contribution in [0.15, 0.2) is 53.3 Å². The van der Waals surface area contributed by atoms with Crippen LogP contribution in [0.2, 0.25) is 0 Å². The highest BCUT2D eigenvalue weighted by molar-refractivity contribution is 5.95. The lowest BCUT2D eigenvalue weighted by molar-refractivity contribution is 0.0639. The smallest absolute Gasteiger partial charge is 0.256 e. The van der Waals surface area contributed by atoms with E-state index in [4.69, 9.17) is 0 Å². The van der Waals surface area contributed by atoms with E-state index in [-0.39, 0.29) is 17.5 Å². The molecule has 1 saturated carbocycles. The van der Waals surface area contributed by atoms with Crippen molar-refractivity contribution in [2.75, 3.05) is 26.7 Å². The molecule has 2 fully saturated rings. The molecule has 0 atom stereocenters. The highest BCUT2D eigenvalue weighted by atomic mass is 16.2. The first kappa shape index (κ1) is 21.4. The molecule has 1 amide bonds. The molecule has 0 bridgehead atoms. The van der Waals surface area contributed by atoms with E-state index in [1.165, 1.54) is 19.4 Å². The first-order valence-electron chi connectivity index (χ1n) is 11.7. The highest BCUT2D eigenvalue weighted by Gasteiger charge is 2.29. The van der Waals surface area contributed by atoms with Gasteiger partial charge in [-0.2, -0.15) is 5.26 Å². The fraction of sp³-hybridized carbons (Fsp3) is 0.370. The van der Waals surface area contributed by atoms with E-state index in [1.54, 1.807) is 18.2 Å². The number of H-pyrrole nitrogens is 1. The van der Waals surface area contributed by atoms with Crippen LogP contribution in [-0.4, -0.2) is 53.4 Å². The predicted octanol–water partition coefficient (Wildman–Crippen LogP) is 4.01. The maximum Gasteiger partial charge on any atom is 0.256 e. The molecule has 1 saturated heterocycles. The Morgan fingerprint density at radius 2 is 1.82 bits per heavy atom. The van der Waals surface area contributed by atoms with E-state index in [9.17, 15) is 14.9 Å². The monoisotopic (exact) mass is 440 g/mol. The predicted molar refractivity (Wildman–Crippen MR) is 129 cm³/mol. The molecule has 2 heterocycles. The number of fused-ring (bicyclic) bond motifs is 1. The van der Waals surface area contributed by atoms with Crippen LogP contribution in [-0.2, 0) is 0 Å². The summed E-state index contributed by atoms with van der Waals surface area (Å²) in [4.78, 5) is 33.0. The molecule has 0 spiro atoms. The van der Waals surface area contributed by atoms with Crippen molar-refractivity contribution in [2.24, 2.45) is 5.92 Å². The molecule has 6 heteroatoms. The lowest BCUT2D eigenvalue weighted by Crippen LogP contribution is -2.46. The van der Waals surface area contributed by atoms with Crippen molar-refractivity contribution in [3.05, 3.63) is 70.0 Å². The average molecular weight is 441 g/mol. The van der Waals surface area contributed by atoms with Crippen molar-refractivity contribution in [1.29, 1.82) is 5.26 Å². The SMILES string of the molecule is CN(C(=O)c1ccc(-c2cc3c(C#N)cccc3c(=O)[nH]2)cc1)C1CCN(CC2CC2)CC1. The molecular weight excluding hydrogens is 412 g/mol. The van der Waals surface area contributed by atoms with Crippen LogP contribution in [0.25, 0.3) is 22.0 Å². The fourth-order valence-corrected chi connectivity index (χ4v) is 4.86. The number of amides is 1. The molecule has 0 unspecified atom stereocenters. The summed E-state index contributed by atoms with van der Waals surface area (Å²) in [5, 5.41) is 10.5. The van der Waals surface area contributed by atoms with Gasteiger partial charge in [0.1, 0.15) is 0 Å². The minimum Gasteiger partial charge on any atom is -0.339 e. The summed E-state index contributed by atoms with van der Waals surface area (Å²) in [6.45, 7) is 3.36. The third kappa shape index (κ3) is 4.42. The minimum atomic E-state index is -0.229. The molecule has 2 aromatic carbocycles. The standard InChI is InChI=1S/C27H28N4O2/c1-30(22-11-13-31(14-12-22)17-18-5-6-18)27(33)20-9-7-19(8-10-20)25-15-24-21(16-28)3-2-4-23(24)26(32)29-25/h2-4,7-10,15,18,22H,5-6,11-14,17H2,1H3,(H,29,32).